The van der Waals surface area contributed by atoms with Crippen LogP contribution in [0.15, 0.2) is 35.4 Å². The molecule has 136 valence electrons. The Hall–Kier alpha value is -2.67. The molecule has 0 fully saturated rings. The number of benzene rings is 1. The first-order chi connectivity index (χ1) is 12.4. The summed E-state index contributed by atoms with van der Waals surface area (Å²) in [6.45, 7) is 6.07. The van der Waals surface area contributed by atoms with Gasteiger partial charge in [0.05, 0.1) is 19.0 Å². The first-order valence-corrected chi connectivity index (χ1v) is 9.15. The summed E-state index contributed by atoms with van der Waals surface area (Å²) >= 11 is 1.32. The molecule has 2 heterocycles. The summed E-state index contributed by atoms with van der Waals surface area (Å²) in [7, 11) is 1.61. The molecule has 0 spiro atoms. The number of amides is 1. The minimum absolute atomic E-state index is 0.0205. The van der Waals surface area contributed by atoms with Crippen molar-refractivity contribution in [3.8, 4) is 5.75 Å². The summed E-state index contributed by atoms with van der Waals surface area (Å²) in [5.41, 5.74) is 1.77. The van der Waals surface area contributed by atoms with Crippen LogP contribution in [0.2, 0.25) is 0 Å². The molecule has 7 heteroatoms. The molecule has 0 aliphatic rings. The van der Waals surface area contributed by atoms with E-state index in [9.17, 15) is 9.59 Å². The highest BCUT2D eigenvalue weighted by atomic mass is 32.1. The van der Waals surface area contributed by atoms with E-state index in [2.05, 4.69) is 10.3 Å². The van der Waals surface area contributed by atoms with E-state index in [1.807, 2.05) is 45.0 Å². The number of aryl methyl sites for hydroxylation is 1. The van der Waals surface area contributed by atoms with Crippen LogP contribution < -0.4 is 15.6 Å². The van der Waals surface area contributed by atoms with Crippen molar-refractivity contribution in [2.75, 3.05) is 7.11 Å². The number of thiophene rings is 1. The Morgan fingerprint density at radius 3 is 2.85 bits per heavy atom. The van der Waals surface area contributed by atoms with Gasteiger partial charge < -0.3 is 10.1 Å². The van der Waals surface area contributed by atoms with Crippen LogP contribution in [0.5, 0.6) is 5.75 Å². The van der Waals surface area contributed by atoms with Gasteiger partial charge >= 0.3 is 0 Å². The molecule has 1 N–H and O–H groups in total. The molecule has 0 aliphatic carbocycles. The number of nitrogens with zero attached hydrogens (tertiary/aromatic N) is 2. The van der Waals surface area contributed by atoms with Gasteiger partial charge in [0.1, 0.15) is 16.0 Å². The second kappa shape index (κ2) is 7.29. The summed E-state index contributed by atoms with van der Waals surface area (Å²) in [6, 6.07) is 7.54. The molecule has 0 radical (unpaired) electrons. The largest absolute Gasteiger partial charge is 0.497 e. The number of aromatic nitrogens is 2. The van der Waals surface area contributed by atoms with Crippen LogP contribution in [0.3, 0.4) is 0 Å². The molecule has 0 unspecified atom stereocenters. The Morgan fingerprint density at radius 1 is 1.38 bits per heavy atom. The zero-order valence-electron chi connectivity index (χ0n) is 15.2. The fraction of sp³-hybridized carbons (Fsp3) is 0.316. The zero-order chi connectivity index (χ0) is 18.8. The third kappa shape index (κ3) is 3.35. The summed E-state index contributed by atoms with van der Waals surface area (Å²) in [6.07, 6.45) is 1.51. The van der Waals surface area contributed by atoms with Crippen molar-refractivity contribution in [1.29, 1.82) is 0 Å². The summed E-state index contributed by atoms with van der Waals surface area (Å²) in [5.74, 6) is 0.510. The lowest BCUT2D eigenvalue weighted by molar-refractivity contribution is 0.0952. The molecule has 2 aromatic heterocycles. The van der Waals surface area contributed by atoms with Gasteiger partial charge in [-0.1, -0.05) is 12.1 Å². The Morgan fingerprint density at radius 2 is 2.15 bits per heavy atom. The van der Waals surface area contributed by atoms with E-state index in [1.165, 1.54) is 17.7 Å². The number of fused-ring (bicyclic) bond motifs is 1. The maximum atomic E-state index is 12.7. The number of methoxy groups -OCH3 is 1. The van der Waals surface area contributed by atoms with Gasteiger partial charge in [0, 0.05) is 17.5 Å². The van der Waals surface area contributed by atoms with Crippen molar-refractivity contribution in [3.63, 3.8) is 0 Å². The van der Waals surface area contributed by atoms with Gasteiger partial charge in [0.15, 0.2) is 0 Å². The predicted molar refractivity (Wildman–Crippen MR) is 103 cm³/mol. The van der Waals surface area contributed by atoms with Crippen LogP contribution in [0.25, 0.3) is 10.2 Å². The molecule has 0 bridgehead atoms. The fourth-order valence-corrected chi connectivity index (χ4v) is 3.82. The van der Waals surface area contributed by atoms with E-state index < -0.39 is 0 Å². The Balaban J connectivity index is 1.89. The van der Waals surface area contributed by atoms with Crippen LogP contribution in [0.1, 0.15) is 40.7 Å². The Bertz CT molecular complexity index is 1020. The van der Waals surface area contributed by atoms with Crippen LogP contribution in [-0.2, 0) is 6.54 Å². The van der Waals surface area contributed by atoms with Gasteiger partial charge in [-0.2, -0.15) is 0 Å². The second-order valence-corrected chi connectivity index (χ2v) is 7.52. The first kappa shape index (κ1) is 18.1. The van der Waals surface area contributed by atoms with E-state index in [1.54, 1.807) is 11.7 Å². The topological polar surface area (TPSA) is 73.2 Å². The average Bonchev–Trinajstić information content (AvgIpc) is 2.97. The molecule has 0 saturated carbocycles. The molecule has 6 nitrogen and oxygen atoms in total. The lowest BCUT2D eigenvalue weighted by Gasteiger charge is -2.09. The van der Waals surface area contributed by atoms with Gasteiger partial charge in [0.2, 0.25) is 0 Å². The molecular weight excluding hydrogens is 350 g/mol. The highest BCUT2D eigenvalue weighted by Crippen LogP contribution is 2.27. The lowest BCUT2D eigenvalue weighted by atomic mass is 10.2. The molecule has 26 heavy (non-hydrogen) atoms. The van der Waals surface area contributed by atoms with Gasteiger partial charge in [-0.3, -0.25) is 14.2 Å². The third-order valence-electron chi connectivity index (χ3n) is 4.17. The monoisotopic (exact) mass is 371 g/mol. The van der Waals surface area contributed by atoms with Crippen molar-refractivity contribution < 1.29 is 9.53 Å². The molecular formula is C19H21N3O3S. The summed E-state index contributed by atoms with van der Waals surface area (Å²) in [4.78, 5) is 30.5. The molecule has 1 amide bonds. The number of ether oxygens (including phenoxy) is 1. The zero-order valence-corrected chi connectivity index (χ0v) is 16.0. The standard InChI is InChI=1S/C19H21N3O3S/c1-11(2)22-10-21-16-15(12(3)26-17(16)19(22)24)18(23)20-9-13-6-5-7-14(8-13)25-4/h5-8,10-11H,9H2,1-4H3,(H,20,23). The van der Waals surface area contributed by atoms with Gasteiger partial charge in [0.25, 0.3) is 11.5 Å². The minimum atomic E-state index is -0.231. The Kier molecular flexibility index (Phi) is 5.08. The van der Waals surface area contributed by atoms with Crippen LogP contribution in [0.4, 0.5) is 0 Å². The van der Waals surface area contributed by atoms with Gasteiger partial charge in [-0.05, 0) is 38.5 Å². The number of carbonyl (C=O) groups is 1. The molecule has 0 atom stereocenters. The first-order valence-electron chi connectivity index (χ1n) is 8.33. The summed E-state index contributed by atoms with van der Waals surface area (Å²) in [5, 5.41) is 2.91. The number of carbonyl (C=O) groups excluding carboxylic acids is 1. The lowest BCUT2D eigenvalue weighted by Crippen LogP contribution is -2.24. The SMILES string of the molecule is COc1cccc(CNC(=O)c2c(C)sc3c(=O)n(C(C)C)cnc23)c1. The normalized spacial score (nSPS) is 11.1. The number of hydrogen-bond acceptors (Lipinski definition) is 5. The number of hydrogen-bond donors (Lipinski definition) is 1. The van der Waals surface area contributed by atoms with Gasteiger partial charge in [-0.25, -0.2) is 4.98 Å². The van der Waals surface area contributed by atoms with Gasteiger partial charge in [-0.15, -0.1) is 11.3 Å². The van der Waals surface area contributed by atoms with Crippen molar-refractivity contribution >= 4 is 27.5 Å². The van der Waals surface area contributed by atoms with E-state index in [4.69, 9.17) is 4.74 Å². The van der Waals surface area contributed by atoms with Crippen molar-refractivity contribution in [2.45, 2.75) is 33.4 Å². The predicted octanol–water partition coefficient (Wildman–Crippen LogP) is 3.29. The number of nitrogens with one attached hydrogen (secondary N) is 1. The van der Waals surface area contributed by atoms with E-state index >= 15 is 0 Å². The molecule has 3 aromatic rings. The van der Waals surface area contributed by atoms with E-state index in [0.717, 1.165) is 16.2 Å². The van der Waals surface area contributed by atoms with Crippen molar-refractivity contribution in [3.05, 3.63) is 57.0 Å². The van der Waals surface area contributed by atoms with E-state index in [-0.39, 0.29) is 17.5 Å². The number of rotatable bonds is 5. The quantitative estimate of drug-likeness (QED) is 0.747. The highest BCUT2D eigenvalue weighted by Gasteiger charge is 2.20. The highest BCUT2D eigenvalue weighted by molar-refractivity contribution is 7.19. The molecule has 0 saturated heterocycles. The van der Waals surface area contributed by atoms with Crippen molar-refractivity contribution in [2.24, 2.45) is 0 Å². The average molecular weight is 371 g/mol. The van der Waals surface area contributed by atoms with E-state index in [0.29, 0.717) is 22.3 Å². The third-order valence-corrected chi connectivity index (χ3v) is 5.25. The van der Waals surface area contributed by atoms with Crippen LogP contribution in [0, 0.1) is 6.92 Å². The molecule has 1 aromatic carbocycles. The van der Waals surface area contributed by atoms with Crippen LogP contribution in [-0.4, -0.2) is 22.6 Å². The maximum absolute atomic E-state index is 12.7. The Labute approximate surface area is 155 Å². The second-order valence-electron chi connectivity index (χ2n) is 6.30. The van der Waals surface area contributed by atoms with Crippen LogP contribution >= 0.6 is 11.3 Å². The maximum Gasteiger partial charge on any atom is 0.271 e. The molecule has 3 rings (SSSR count). The molecule has 0 aliphatic heterocycles. The van der Waals surface area contributed by atoms with Crippen molar-refractivity contribution in [1.82, 2.24) is 14.9 Å². The smallest absolute Gasteiger partial charge is 0.271 e. The summed E-state index contributed by atoms with van der Waals surface area (Å²) < 4.78 is 7.29. The fourth-order valence-electron chi connectivity index (χ4n) is 2.78. The minimum Gasteiger partial charge on any atom is -0.497 e.